The summed E-state index contributed by atoms with van der Waals surface area (Å²) in [6, 6.07) is 9.84. The molecule has 4 heterocycles. The van der Waals surface area contributed by atoms with Crippen LogP contribution in [0.5, 0.6) is 0 Å². The molecule has 4 rings (SSSR count). The Morgan fingerprint density at radius 3 is 2.75 bits per heavy atom. The van der Waals surface area contributed by atoms with Crippen LogP contribution in [0.15, 0.2) is 42.9 Å². The third-order valence-electron chi connectivity index (χ3n) is 4.85. The molecule has 0 saturated heterocycles. The summed E-state index contributed by atoms with van der Waals surface area (Å²) in [5, 5.41) is 25.3. The van der Waals surface area contributed by atoms with Gasteiger partial charge in [0.15, 0.2) is 0 Å². The molecular weight excluding hydrogens is 406 g/mol. The quantitative estimate of drug-likeness (QED) is 0.500. The monoisotopic (exact) mass is 429 g/mol. The number of rotatable bonds is 6. The summed E-state index contributed by atoms with van der Waals surface area (Å²) < 4.78 is 3.27. The predicted octanol–water partition coefficient (Wildman–Crippen LogP) is 2.43. The smallest absolute Gasteiger partial charge is 0.243 e. The number of aromatic nitrogens is 6. The van der Waals surface area contributed by atoms with E-state index in [1.54, 1.807) is 37.1 Å². The number of nitrogens with one attached hydrogen (secondary N) is 1. The second-order valence-corrected chi connectivity index (χ2v) is 7.91. The number of amides is 1. The van der Waals surface area contributed by atoms with E-state index in [4.69, 9.17) is 5.26 Å². The summed E-state index contributed by atoms with van der Waals surface area (Å²) in [4.78, 5) is 18.1. The van der Waals surface area contributed by atoms with E-state index in [1.165, 1.54) is 15.8 Å². The van der Waals surface area contributed by atoms with Gasteiger partial charge in [-0.05, 0) is 38.1 Å². The first kappa shape index (κ1) is 21.0. The first-order valence-electron chi connectivity index (χ1n) is 10.1. The Morgan fingerprint density at radius 2 is 2.03 bits per heavy atom. The van der Waals surface area contributed by atoms with Gasteiger partial charge >= 0.3 is 0 Å². The van der Waals surface area contributed by atoms with Gasteiger partial charge in [-0.1, -0.05) is 5.21 Å². The van der Waals surface area contributed by atoms with Gasteiger partial charge in [0.1, 0.15) is 18.3 Å². The SMILES string of the molecule is CC(C)Nc1cc(-c2ccc3cc(C#N)cnn23)ncc1-c1cn(CC(=O)N(C)C)nn1. The number of nitrogens with zero attached hydrogens (tertiary/aromatic N) is 8. The lowest BCUT2D eigenvalue weighted by Crippen LogP contribution is -2.26. The molecule has 32 heavy (non-hydrogen) atoms. The number of pyridine rings is 1. The minimum atomic E-state index is -0.0670. The molecule has 0 aromatic carbocycles. The van der Waals surface area contributed by atoms with Crippen LogP contribution in [0, 0.1) is 11.3 Å². The van der Waals surface area contributed by atoms with Crippen molar-refractivity contribution in [3.63, 3.8) is 0 Å². The number of likely N-dealkylation sites (N-methyl/N-ethyl adjacent to an activating group) is 1. The van der Waals surface area contributed by atoms with Gasteiger partial charge in [-0.25, -0.2) is 9.20 Å². The topological polar surface area (TPSA) is 117 Å². The Labute approximate surface area is 185 Å². The van der Waals surface area contributed by atoms with Gasteiger partial charge in [-0.2, -0.15) is 10.4 Å². The highest BCUT2D eigenvalue weighted by Crippen LogP contribution is 2.31. The number of nitriles is 1. The van der Waals surface area contributed by atoms with Gasteiger partial charge in [0.05, 0.1) is 34.9 Å². The van der Waals surface area contributed by atoms with Crippen molar-refractivity contribution < 1.29 is 4.79 Å². The fraction of sp³-hybridized carbons (Fsp3) is 0.273. The van der Waals surface area contributed by atoms with Crippen LogP contribution in [0.3, 0.4) is 0 Å². The predicted molar refractivity (Wildman–Crippen MR) is 120 cm³/mol. The van der Waals surface area contributed by atoms with E-state index in [-0.39, 0.29) is 18.5 Å². The van der Waals surface area contributed by atoms with E-state index < -0.39 is 0 Å². The summed E-state index contributed by atoms with van der Waals surface area (Å²) in [6.07, 6.45) is 5.01. The molecule has 0 fully saturated rings. The molecule has 0 spiro atoms. The van der Waals surface area contributed by atoms with Crippen molar-refractivity contribution >= 4 is 17.1 Å². The van der Waals surface area contributed by atoms with E-state index in [0.717, 1.165) is 28.2 Å². The van der Waals surface area contributed by atoms with Crippen LogP contribution in [0.1, 0.15) is 19.4 Å². The van der Waals surface area contributed by atoms with E-state index in [9.17, 15) is 4.79 Å². The molecule has 1 N–H and O–H groups in total. The molecule has 4 aromatic heterocycles. The molecule has 0 aliphatic carbocycles. The second kappa shape index (κ2) is 8.47. The number of fused-ring (bicyclic) bond motifs is 1. The van der Waals surface area contributed by atoms with Crippen LogP contribution in [0.4, 0.5) is 5.69 Å². The molecule has 0 atom stereocenters. The lowest BCUT2D eigenvalue weighted by Gasteiger charge is -2.14. The average Bonchev–Trinajstić information content (AvgIpc) is 3.39. The third-order valence-corrected chi connectivity index (χ3v) is 4.85. The number of hydrogen-bond donors (Lipinski definition) is 1. The van der Waals surface area contributed by atoms with Crippen molar-refractivity contribution in [2.45, 2.75) is 26.4 Å². The van der Waals surface area contributed by atoms with Gasteiger partial charge in [0.25, 0.3) is 0 Å². The number of anilines is 1. The zero-order valence-electron chi connectivity index (χ0n) is 18.3. The Balaban J connectivity index is 1.73. The Morgan fingerprint density at radius 1 is 1.22 bits per heavy atom. The Hall–Kier alpha value is -4.26. The third kappa shape index (κ3) is 4.13. The summed E-state index contributed by atoms with van der Waals surface area (Å²) in [6.45, 7) is 4.22. The van der Waals surface area contributed by atoms with Gasteiger partial charge in [0, 0.05) is 37.6 Å². The van der Waals surface area contributed by atoms with Crippen LogP contribution < -0.4 is 5.32 Å². The highest BCUT2D eigenvalue weighted by molar-refractivity contribution is 5.79. The summed E-state index contributed by atoms with van der Waals surface area (Å²) in [5.74, 6) is -0.0670. The van der Waals surface area contributed by atoms with Crippen molar-refractivity contribution in [2.24, 2.45) is 0 Å². The molecule has 10 nitrogen and oxygen atoms in total. The minimum Gasteiger partial charge on any atom is -0.382 e. The molecule has 0 aliphatic heterocycles. The average molecular weight is 429 g/mol. The molecule has 0 aliphatic rings. The molecular formula is C22H23N9O. The molecule has 162 valence electrons. The van der Waals surface area contributed by atoms with Crippen LogP contribution in [0.2, 0.25) is 0 Å². The maximum absolute atomic E-state index is 12.0. The first-order valence-corrected chi connectivity index (χ1v) is 10.1. The fourth-order valence-corrected chi connectivity index (χ4v) is 3.26. The Bertz CT molecular complexity index is 1330. The summed E-state index contributed by atoms with van der Waals surface area (Å²) in [7, 11) is 3.41. The van der Waals surface area contributed by atoms with Gasteiger partial charge in [-0.3, -0.25) is 9.78 Å². The van der Waals surface area contributed by atoms with E-state index in [0.29, 0.717) is 11.3 Å². The molecule has 1 amide bonds. The van der Waals surface area contributed by atoms with Gasteiger partial charge in [-0.15, -0.1) is 5.10 Å². The summed E-state index contributed by atoms with van der Waals surface area (Å²) in [5.41, 5.74) is 5.11. The number of hydrogen-bond acceptors (Lipinski definition) is 7. The van der Waals surface area contributed by atoms with E-state index in [1.807, 2.05) is 32.0 Å². The van der Waals surface area contributed by atoms with Crippen LogP contribution in [-0.4, -0.2) is 60.5 Å². The van der Waals surface area contributed by atoms with Crippen molar-refractivity contribution in [1.82, 2.24) is 34.5 Å². The van der Waals surface area contributed by atoms with Gasteiger partial charge < -0.3 is 10.2 Å². The zero-order chi connectivity index (χ0) is 22.8. The lowest BCUT2D eigenvalue weighted by atomic mass is 10.1. The zero-order valence-corrected chi connectivity index (χ0v) is 18.3. The maximum Gasteiger partial charge on any atom is 0.243 e. The minimum absolute atomic E-state index is 0.0670. The van der Waals surface area contributed by atoms with Crippen LogP contribution >= 0.6 is 0 Å². The Kier molecular flexibility index (Phi) is 5.55. The molecule has 0 unspecified atom stereocenters. The maximum atomic E-state index is 12.0. The number of carbonyl (C=O) groups excluding carboxylic acids is 1. The molecule has 10 heteroatoms. The van der Waals surface area contributed by atoms with Crippen molar-refractivity contribution in [2.75, 3.05) is 19.4 Å². The standard InChI is InChI=1S/C22H23N9O/c1-14(2)26-18-8-19(21-6-5-16-7-15(9-23)10-25-31(16)21)24-11-17(18)20-12-30(28-27-20)13-22(32)29(3)4/h5-8,10-12,14H,13H2,1-4H3,(H,24,26). The molecule has 0 saturated carbocycles. The van der Waals surface area contributed by atoms with Crippen molar-refractivity contribution in [1.29, 1.82) is 5.26 Å². The van der Waals surface area contributed by atoms with E-state index in [2.05, 4.69) is 31.8 Å². The van der Waals surface area contributed by atoms with Crippen molar-refractivity contribution in [3.8, 4) is 28.7 Å². The number of carbonyl (C=O) groups is 1. The molecule has 0 radical (unpaired) electrons. The van der Waals surface area contributed by atoms with Crippen LogP contribution in [0.25, 0.3) is 28.2 Å². The fourth-order valence-electron chi connectivity index (χ4n) is 3.26. The largest absolute Gasteiger partial charge is 0.382 e. The second-order valence-electron chi connectivity index (χ2n) is 7.91. The highest BCUT2D eigenvalue weighted by Gasteiger charge is 2.16. The first-order chi connectivity index (χ1) is 15.4. The van der Waals surface area contributed by atoms with Gasteiger partial charge in [0.2, 0.25) is 5.91 Å². The normalized spacial score (nSPS) is 11.0. The lowest BCUT2D eigenvalue weighted by molar-refractivity contribution is -0.129. The highest BCUT2D eigenvalue weighted by atomic mass is 16.2. The van der Waals surface area contributed by atoms with Crippen LogP contribution in [-0.2, 0) is 11.3 Å². The summed E-state index contributed by atoms with van der Waals surface area (Å²) >= 11 is 0. The molecule has 0 bridgehead atoms. The molecule has 4 aromatic rings. The van der Waals surface area contributed by atoms with Crippen molar-refractivity contribution in [3.05, 3.63) is 48.4 Å². The van der Waals surface area contributed by atoms with E-state index >= 15 is 0 Å².